The Morgan fingerprint density at radius 3 is 2.57 bits per heavy atom. The van der Waals surface area contributed by atoms with Gasteiger partial charge < -0.3 is 21.1 Å². The number of hydrogen-bond acceptors (Lipinski definition) is 8. The second-order valence-corrected chi connectivity index (χ2v) is 7.69. The van der Waals surface area contributed by atoms with Crippen molar-refractivity contribution in [3.8, 4) is 17.3 Å². The Balaban J connectivity index is 1.35. The van der Waals surface area contributed by atoms with Gasteiger partial charge in [-0.05, 0) is 49.4 Å². The number of nitrogen functional groups attached to an aromatic ring is 1. The second kappa shape index (κ2) is 9.10. The number of hydrogen-bond donors (Lipinski definition) is 3. The van der Waals surface area contributed by atoms with E-state index in [0.29, 0.717) is 40.2 Å². The summed E-state index contributed by atoms with van der Waals surface area (Å²) in [5.41, 5.74) is 10.5. The topological polar surface area (TPSA) is 132 Å². The number of nitrogens with one attached hydrogen (secondary N) is 2. The minimum absolute atomic E-state index is 0.249. The number of carbonyl (C=O) groups excluding carboxylic acids is 1. The highest BCUT2D eigenvalue weighted by atomic mass is 16.5. The van der Waals surface area contributed by atoms with Crippen molar-refractivity contribution in [2.75, 3.05) is 23.5 Å². The summed E-state index contributed by atoms with van der Waals surface area (Å²) in [7, 11) is 1.57. The number of imidazole rings is 1. The number of carbonyl (C=O) groups is 1. The molecule has 0 aliphatic heterocycles. The maximum atomic E-state index is 12.6. The molecule has 0 aliphatic rings. The van der Waals surface area contributed by atoms with Crippen LogP contribution in [0.2, 0.25) is 0 Å². The summed E-state index contributed by atoms with van der Waals surface area (Å²) in [6.45, 7) is 1.90. The fourth-order valence-corrected chi connectivity index (χ4v) is 3.64. The maximum absolute atomic E-state index is 12.6. The average molecular weight is 467 g/mol. The largest absolute Gasteiger partial charge is 0.481 e. The highest BCUT2D eigenvalue weighted by molar-refractivity contribution is 6.05. The number of aromatic nitrogens is 5. The van der Waals surface area contributed by atoms with Gasteiger partial charge >= 0.3 is 0 Å². The van der Waals surface area contributed by atoms with Crippen LogP contribution < -0.4 is 21.1 Å². The molecule has 174 valence electrons. The van der Waals surface area contributed by atoms with E-state index in [9.17, 15) is 4.79 Å². The van der Waals surface area contributed by atoms with Crippen LogP contribution in [0.3, 0.4) is 0 Å². The van der Waals surface area contributed by atoms with Crippen molar-refractivity contribution < 1.29 is 9.53 Å². The number of para-hydroxylation sites is 2. The number of methoxy groups -OCH3 is 1. The molecule has 3 aromatic heterocycles. The van der Waals surface area contributed by atoms with Crippen LogP contribution >= 0.6 is 0 Å². The van der Waals surface area contributed by atoms with Crippen LogP contribution in [0, 0.1) is 6.92 Å². The summed E-state index contributed by atoms with van der Waals surface area (Å²) < 4.78 is 7.05. The normalized spacial score (nSPS) is 10.8. The summed E-state index contributed by atoms with van der Waals surface area (Å²) in [5, 5.41) is 5.99. The van der Waals surface area contributed by atoms with Gasteiger partial charge in [0.2, 0.25) is 17.6 Å². The Morgan fingerprint density at radius 1 is 1.00 bits per heavy atom. The second-order valence-electron chi connectivity index (χ2n) is 7.69. The Morgan fingerprint density at radius 2 is 1.80 bits per heavy atom. The Labute approximate surface area is 200 Å². The van der Waals surface area contributed by atoms with Crippen molar-refractivity contribution in [3.63, 3.8) is 0 Å². The van der Waals surface area contributed by atoms with Crippen LogP contribution in [0.15, 0.2) is 73.1 Å². The molecule has 0 radical (unpaired) electrons. The predicted molar refractivity (Wildman–Crippen MR) is 134 cm³/mol. The molecule has 4 N–H and O–H groups in total. The molecule has 0 aliphatic carbocycles. The molecule has 0 unspecified atom stereocenters. The molecule has 35 heavy (non-hydrogen) atoms. The van der Waals surface area contributed by atoms with Crippen LogP contribution in [0.5, 0.6) is 5.88 Å². The molecule has 0 fully saturated rings. The summed E-state index contributed by atoms with van der Waals surface area (Å²) in [4.78, 5) is 30.4. The Bertz CT molecular complexity index is 1530. The third-order valence-corrected chi connectivity index (χ3v) is 5.36. The van der Waals surface area contributed by atoms with Crippen LogP contribution in [0.25, 0.3) is 17.2 Å². The van der Waals surface area contributed by atoms with Gasteiger partial charge in [0, 0.05) is 29.7 Å². The van der Waals surface area contributed by atoms with Crippen molar-refractivity contribution in [2.24, 2.45) is 0 Å². The molecule has 0 atom stereocenters. The van der Waals surface area contributed by atoms with Crippen LogP contribution in [0.4, 0.5) is 23.0 Å². The number of amides is 1. The number of anilines is 4. The van der Waals surface area contributed by atoms with E-state index < -0.39 is 0 Å². The highest BCUT2D eigenvalue weighted by Gasteiger charge is 2.15. The summed E-state index contributed by atoms with van der Waals surface area (Å²) >= 11 is 0. The molecule has 1 amide bonds. The lowest BCUT2D eigenvalue weighted by Gasteiger charge is -2.10. The van der Waals surface area contributed by atoms with E-state index in [1.807, 2.05) is 35.7 Å². The Kier molecular flexibility index (Phi) is 5.68. The van der Waals surface area contributed by atoms with E-state index in [4.69, 9.17) is 10.5 Å². The highest BCUT2D eigenvalue weighted by Crippen LogP contribution is 2.25. The smallest absolute Gasteiger partial charge is 0.255 e. The number of rotatable bonds is 6. The van der Waals surface area contributed by atoms with Crippen molar-refractivity contribution in [2.45, 2.75) is 6.92 Å². The average Bonchev–Trinajstić information content (AvgIpc) is 3.20. The van der Waals surface area contributed by atoms with E-state index in [0.717, 1.165) is 17.1 Å². The SMILES string of the molecule is COc1ccn2c(-c3ccnc(Nc4ccc(C(=O)Nc5ccccc5N)cc4)n3)c(C)nc2n1. The first kappa shape index (κ1) is 21.8. The van der Waals surface area contributed by atoms with E-state index in [-0.39, 0.29) is 5.91 Å². The van der Waals surface area contributed by atoms with Gasteiger partial charge in [-0.3, -0.25) is 9.20 Å². The van der Waals surface area contributed by atoms with E-state index in [1.165, 1.54) is 0 Å². The standard InChI is InChI=1S/C25H22N8O2/c1-15-22(33-14-12-21(35-2)32-25(33)28-15)20-11-13-27-24(31-20)29-17-9-7-16(8-10-17)23(34)30-19-6-4-3-5-18(19)26/h3-14H,26H2,1-2H3,(H,30,34)(H,27,29,31). The fourth-order valence-electron chi connectivity index (χ4n) is 3.64. The third kappa shape index (κ3) is 4.44. The van der Waals surface area contributed by atoms with E-state index in [2.05, 4.69) is 30.6 Å². The quantitative estimate of drug-likeness (QED) is 0.319. The minimum Gasteiger partial charge on any atom is -0.481 e. The van der Waals surface area contributed by atoms with Crippen molar-refractivity contribution >= 4 is 34.7 Å². The van der Waals surface area contributed by atoms with Crippen LogP contribution in [0.1, 0.15) is 16.1 Å². The predicted octanol–water partition coefficient (Wildman–Crippen LogP) is 4.08. The first-order valence-electron chi connectivity index (χ1n) is 10.8. The van der Waals surface area contributed by atoms with Gasteiger partial charge in [0.25, 0.3) is 5.91 Å². The van der Waals surface area contributed by atoms with Crippen LogP contribution in [-0.4, -0.2) is 37.4 Å². The minimum atomic E-state index is -0.249. The lowest BCUT2D eigenvalue weighted by molar-refractivity contribution is 0.102. The van der Waals surface area contributed by atoms with Gasteiger partial charge in [-0.25, -0.2) is 15.0 Å². The van der Waals surface area contributed by atoms with Crippen molar-refractivity contribution in [3.05, 3.63) is 84.3 Å². The zero-order valence-corrected chi connectivity index (χ0v) is 19.1. The molecular formula is C25H22N8O2. The summed E-state index contributed by atoms with van der Waals surface area (Å²) in [5.74, 6) is 1.17. The number of benzene rings is 2. The molecular weight excluding hydrogens is 444 g/mol. The monoisotopic (exact) mass is 466 g/mol. The van der Waals surface area contributed by atoms with Gasteiger partial charge in [0.1, 0.15) is 0 Å². The van der Waals surface area contributed by atoms with Gasteiger partial charge in [-0.1, -0.05) is 12.1 Å². The van der Waals surface area contributed by atoms with Gasteiger partial charge in [-0.15, -0.1) is 0 Å². The van der Waals surface area contributed by atoms with E-state index in [1.54, 1.807) is 55.8 Å². The molecule has 5 rings (SSSR count). The molecule has 10 nitrogen and oxygen atoms in total. The fraction of sp³-hybridized carbons (Fsp3) is 0.0800. The number of nitrogens with zero attached hydrogens (tertiary/aromatic N) is 5. The lowest BCUT2D eigenvalue weighted by atomic mass is 10.2. The lowest BCUT2D eigenvalue weighted by Crippen LogP contribution is -2.13. The van der Waals surface area contributed by atoms with Crippen molar-refractivity contribution in [1.82, 2.24) is 24.3 Å². The molecule has 0 bridgehead atoms. The number of nitrogens with two attached hydrogens (primary N) is 1. The van der Waals surface area contributed by atoms with E-state index >= 15 is 0 Å². The molecule has 5 aromatic rings. The maximum Gasteiger partial charge on any atom is 0.255 e. The molecule has 0 saturated carbocycles. The molecule has 0 spiro atoms. The zero-order valence-electron chi connectivity index (χ0n) is 19.1. The van der Waals surface area contributed by atoms with Gasteiger partial charge in [0.15, 0.2) is 0 Å². The Hall–Kier alpha value is -4.99. The van der Waals surface area contributed by atoms with Crippen LogP contribution in [-0.2, 0) is 0 Å². The first-order valence-corrected chi connectivity index (χ1v) is 10.8. The summed E-state index contributed by atoms with van der Waals surface area (Å²) in [6, 6.07) is 17.7. The summed E-state index contributed by atoms with van der Waals surface area (Å²) in [6.07, 6.45) is 3.52. The molecule has 0 saturated heterocycles. The zero-order chi connectivity index (χ0) is 24.4. The first-order chi connectivity index (χ1) is 17.0. The van der Waals surface area contributed by atoms with Crippen molar-refractivity contribution in [1.29, 1.82) is 0 Å². The molecule has 10 heteroatoms. The number of fused-ring (bicyclic) bond motifs is 1. The van der Waals surface area contributed by atoms with Gasteiger partial charge in [-0.2, -0.15) is 4.98 Å². The molecule has 3 heterocycles. The number of aryl methyl sites for hydroxylation is 1. The third-order valence-electron chi connectivity index (χ3n) is 5.36. The molecule has 2 aromatic carbocycles. The number of ether oxygens (including phenoxy) is 1. The van der Waals surface area contributed by atoms with Gasteiger partial charge in [0.05, 0.1) is 35.6 Å².